The van der Waals surface area contributed by atoms with Gasteiger partial charge in [-0.3, -0.25) is 5.32 Å². The van der Waals surface area contributed by atoms with E-state index in [2.05, 4.69) is 26.2 Å². The van der Waals surface area contributed by atoms with E-state index in [1.165, 1.54) is 12.1 Å². The van der Waals surface area contributed by atoms with Crippen molar-refractivity contribution in [1.29, 1.82) is 0 Å². The van der Waals surface area contributed by atoms with E-state index >= 15 is 0 Å². The number of ether oxygens (including phenoxy) is 1. The summed E-state index contributed by atoms with van der Waals surface area (Å²) in [6, 6.07) is 11.7. The van der Waals surface area contributed by atoms with Crippen LogP contribution in [-0.2, 0) is 21.4 Å². The molecular formula is C13H12BrN3O4S. The normalized spacial score (nSPS) is 11.0. The number of pyridine rings is 1. The Morgan fingerprint density at radius 1 is 1.23 bits per heavy atom. The summed E-state index contributed by atoms with van der Waals surface area (Å²) in [5.74, 6) is -0.199. The van der Waals surface area contributed by atoms with Crippen LogP contribution >= 0.6 is 15.9 Å². The van der Waals surface area contributed by atoms with E-state index < -0.39 is 16.1 Å². The van der Waals surface area contributed by atoms with Crippen molar-refractivity contribution in [2.75, 3.05) is 5.32 Å². The van der Waals surface area contributed by atoms with Crippen LogP contribution in [-0.4, -0.2) is 19.5 Å². The molecule has 0 bridgehead atoms. The Kier molecular flexibility index (Phi) is 5.11. The van der Waals surface area contributed by atoms with Gasteiger partial charge in [-0.05, 0) is 33.6 Å². The van der Waals surface area contributed by atoms with Crippen LogP contribution < -0.4 is 10.5 Å². The fourth-order valence-corrected chi connectivity index (χ4v) is 2.53. The molecule has 0 spiro atoms. The molecule has 3 N–H and O–H groups in total. The highest BCUT2D eigenvalue weighted by Crippen LogP contribution is 2.20. The molecule has 1 heterocycles. The van der Waals surface area contributed by atoms with Gasteiger partial charge in [-0.15, -0.1) is 0 Å². The first-order valence-corrected chi connectivity index (χ1v) is 8.37. The number of benzene rings is 1. The van der Waals surface area contributed by atoms with Gasteiger partial charge in [-0.25, -0.2) is 23.3 Å². The smallest absolute Gasteiger partial charge is 0.413 e. The van der Waals surface area contributed by atoms with E-state index in [1.54, 1.807) is 12.1 Å². The zero-order valence-electron chi connectivity index (χ0n) is 11.2. The van der Waals surface area contributed by atoms with Crippen LogP contribution in [0.4, 0.5) is 10.6 Å². The first-order chi connectivity index (χ1) is 10.4. The van der Waals surface area contributed by atoms with Crippen LogP contribution in [0, 0.1) is 0 Å². The highest BCUT2D eigenvalue weighted by atomic mass is 79.9. The summed E-state index contributed by atoms with van der Waals surface area (Å²) in [6.07, 6.45) is -0.834. The lowest BCUT2D eigenvalue weighted by Crippen LogP contribution is -2.20. The number of primary sulfonamides is 1. The molecule has 1 amide bonds. The van der Waals surface area contributed by atoms with Gasteiger partial charge in [-0.1, -0.05) is 30.3 Å². The van der Waals surface area contributed by atoms with Crippen LogP contribution in [0.2, 0.25) is 0 Å². The molecule has 9 heteroatoms. The van der Waals surface area contributed by atoms with Crippen molar-refractivity contribution in [3.05, 3.63) is 52.6 Å². The third-order valence-electron chi connectivity index (χ3n) is 2.56. The van der Waals surface area contributed by atoms with E-state index in [1.807, 2.05) is 18.2 Å². The van der Waals surface area contributed by atoms with Gasteiger partial charge in [0, 0.05) is 0 Å². The zero-order chi connectivity index (χ0) is 16.2. The third kappa shape index (κ3) is 4.52. The van der Waals surface area contributed by atoms with Gasteiger partial charge in [0.05, 0.1) is 0 Å². The van der Waals surface area contributed by atoms with Gasteiger partial charge in [0.15, 0.2) is 5.82 Å². The summed E-state index contributed by atoms with van der Waals surface area (Å²) in [5, 5.41) is 7.34. The Labute approximate surface area is 135 Å². The lowest BCUT2D eigenvalue weighted by Gasteiger charge is -2.09. The number of hydrogen-bond donors (Lipinski definition) is 2. The number of carbonyl (C=O) groups excluding carboxylic acids is 1. The second kappa shape index (κ2) is 6.86. The van der Waals surface area contributed by atoms with Gasteiger partial charge >= 0.3 is 6.09 Å². The van der Waals surface area contributed by atoms with E-state index in [0.29, 0.717) is 4.60 Å². The molecule has 0 fully saturated rings. The van der Waals surface area contributed by atoms with E-state index in [9.17, 15) is 13.2 Å². The SMILES string of the molecule is NS(=O)(=O)c1ccc(Br)nc1NC(=O)OCc1ccccc1. The number of amides is 1. The molecule has 1 aromatic heterocycles. The molecule has 116 valence electrons. The van der Waals surface area contributed by atoms with Gasteiger partial charge < -0.3 is 4.74 Å². The molecule has 2 rings (SSSR count). The van der Waals surface area contributed by atoms with Crippen molar-refractivity contribution in [1.82, 2.24) is 4.98 Å². The van der Waals surface area contributed by atoms with Gasteiger partial charge in [0.25, 0.3) is 0 Å². The molecule has 0 aliphatic rings. The maximum absolute atomic E-state index is 11.8. The summed E-state index contributed by atoms with van der Waals surface area (Å²) < 4.78 is 28.3. The van der Waals surface area contributed by atoms with Crippen LogP contribution in [0.3, 0.4) is 0 Å². The maximum Gasteiger partial charge on any atom is 0.413 e. The number of sulfonamides is 1. The van der Waals surface area contributed by atoms with Crippen molar-refractivity contribution in [3.63, 3.8) is 0 Å². The number of carbonyl (C=O) groups is 1. The molecular weight excluding hydrogens is 374 g/mol. The molecule has 0 unspecified atom stereocenters. The minimum Gasteiger partial charge on any atom is -0.444 e. The molecule has 0 saturated heterocycles. The number of halogens is 1. The molecule has 1 aromatic carbocycles. The van der Waals surface area contributed by atoms with E-state index in [4.69, 9.17) is 9.88 Å². The Morgan fingerprint density at radius 2 is 1.91 bits per heavy atom. The number of hydrogen-bond acceptors (Lipinski definition) is 5. The predicted molar refractivity (Wildman–Crippen MR) is 83.6 cm³/mol. The van der Waals surface area contributed by atoms with Crippen LogP contribution in [0.25, 0.3) is 0 Å². The average Bonchev–Trinajstić information content (AvgIpc) is 2.45. The summed E-state index contributed by atoms with van der Waals surface area (Å²) in [5.41, 5.74) is 0.798. The highest BCUT2D eigenvalue weighted by molar-refractivity contribution is 9.10. The molecule has 0 saturated carbocycles. The van der Waals surface area contributed by atoms with Crippen molar-refractivity contribution < 1.29 is 17.9 Å². The Bertz CT molecular complexity index is 781. The van der Waals surface area contributed by atoms with E-state index in [-0.39, 0.29) is 17.3 Å². The average molecular weight is 386 g/mol. The quantitative estimate of drug-likeness (QED) is 0.783. The summed E-state index contributed by atoms with van der Waals surface area (Å²) in [4.78, 5) is 15.3. The number of nitrogens with two attached hydrogens (primary N) is 1. The molecule has 0 radical (unpaired) electrons. The van der Waals surface area contributed by atoms with E-state index in [0.717, 1.165) is 5.56 Å². The van der Waals surface area contributed by atoms with Crippen LogP contribution in [0.15, 0.2) is 52.0 Å². The predicted octanol–water partition coefficient (Wildman–Crippen LogP) is 2.24. The fraction of sp³-hybridized carbons (Fsp3) is 0.0769. The Morgan fingerprint density at radius 3 is 2.55 bits per heavy atom. The number of nitrogens with one attached hydrogen (secondary N) is 1. The lowest BCUT2D eigenvalue weighted by molar-refractivity contribution is 0.155. The first-order valence-electron chi connectivity index (χ1n) is 6.03. The number of aromatic nitrogens is 1. The molecule has 22 heavy (non-hydrogen) atoms. The van der Waals surface area contributed by atoms with Crippen LogP contribution in [0.5, 0.6) is 0 Å². The van der Waals surface area contributed by atoms with Gasteiger partial charge in [0.2, 0.25) is 10.0 Å². The minimum absolute atomic E-state index is 0.0470. The Hall–Kier alpha value is -1.97. The zero-order valence-corrected chi connectivity index (χ0v) is 13.6. The second-order valence-corrected chi connectivity index (χ2v) is 6.55. The molecule has 7 nitrogen and oxygen atoms in total. The van der Waals surface area contributed by atoms with Crippen molar-refractivity contribution in [2.24, 2.45) is 5.14 Å². The molecule has 0 atom stereocenters. The van der Waals surface area contributed by atoms with Crippen molar-refractivity contribution in [3.8, 4) is 0 Å². The third-order valence-corrected chi connectivity index (χ3v) is 3.95. The fourth-order valence-electron chi connectivity index (χ4n) is 1.60. The monoisotopic (exact) mass is 385 g/mol. The number of nitrogens with zero attached hydrogens (tertiary/aromatic N) is 1. The second-order valence-electron chi connectivity index (χ2n) is 4.21. The van der Waals surface area contributed by atoms with Gasteiger partial charge in [0.1, 0.15) is 16.1 Å². The molecule has 2 aromatic rings. The van der Waals surface area contributed by atoms with Crippen molar-refractivity contribution in [2.45, 2.75) is 11.5 Å². The Balaban J connectivity index is 2.10. The minimum atomic E-state index is -4.02. The summed E-state index contributed by atoms with van der Waals surface area (Å²) >= 11 is 3.09. The molecule has 0 aliphatic carbocycles. The maximum atomic E-state index is 11.8. The first kappa shape index (κ1) is 16.4. The summed E-state index contributed by atoms with van der Waals surface area (Å²) in [6.45, 7) is 0.0470. The van der Waals surface area contributed by atoms with Gasteiger partial charge in [-0.2, -0.15) is 0 Å². The largest absolute Gasteiger partial charge is 0.444 e. The lowest BCUT2D eigenvalue weighted by atomic mass is 10.2. The summed E-state index contributed by atoms with van der Waals surface area (Å²) in [7, 11) is -4.02. The highest BCUT2D eigenvalue weighted by Gasteiger charge is 2.18. The molecule has 0 aliphatic heterocycles. The standard InChI is InChI=1S/C13H12BrN3O4S/c14-11-7-6-10(22(15,19)20)12(16-11)17-13(18)21-8-9-4-2-1-3-5-9/h1-7H,8H2,(H2,15,19,20)(H,16,17,18). The number of anilines is 1. The topological polar surface area (TPSA) is 111 Å². The van der Waals surface area contributed by atoms with Crippen LogP contribution in [0.1, 0.15) is 5.56 Å². The van der Waals surface area contributed by atoms with Crippen molar-refractivity contribution >= 4 is 37.9 Å². The number of rotatable bonds is 4.